The number of aliphatic carboxylic acids is 2. The van der Waals surface area contributed by atoms with Gasteiger partial charge in [0.25, 0.3) is 0 Å². The molecule has 0 bridgehead atoms. The van der Waals surface area contributed by atoms with Gasteiger partial charge in [-0.15, -0.1) is 0 Å². The number of amides is 3. The predicted molar refractivity (Wildman–Crippen MR) is 95.8 cm³/mol. The molecule has 0 rings (SSSR count). The molecule has 28 heavy (non-hydrogen) atoms. The SMILES string of the molecule is CC(N)C(=O)NC(CC(=O)O)C(=O)NC(C(=O)NC(C(=O)O)C(C)C)C(C)O. The van der Waals surface area contributed by atoms with E-state index in [0.29, 0.717) is 0 Å². The first-order valence-electron chi connectivity index (χ1n) is 8.57. The van der Waals surface area contributed by atoms with Crippen molar-refractivity contribution in [2.75, 3.05) is 0 Å². The van der Waals surface area contributed by atoms with E-state index in [1.54, 1.807) is 13.8 Å². The molecule has 0 aliphatic heterocycles. The number of rotatable bonds is 11. The van der Waals surface area contributed by atoms with Crippen LogP contribution in [0, 0.1) is 5.92 Å². The van der Waals surface area contributed by atoms with Crippen LogP contribution in [0.2, 0.25) is 0 Å². The Hall–Kier alpha value is -2.73. The molecule has 0 aromatic rings. The van der Waals surface area contributed by atoms with E-state index >= 15 is 0 Å². The quantitative estimate of drug-likeness (QED) is 0.192. The Kier molecular flexibility index (Phi) is 10.1. The Morgan fingerprint density at radius 2 is 1.32 bits per heavy atom. The molecule has 5 unspecified atom stereocenters. The summed E-state index contributed by atoms with van der Waals surface area (Å²) in [4.78, 5) is 58.6. The minimum atomic E-state index is -1.57. The lowest BCUT2D eigenvalue weighted by molar-refractivity contribution is -0.145. The minimum absolute atomic E-state index is 0.475. The molecule has 0 saturated carbocycles. The summed E-state index contributed by atoms with van der Waals surface area (Å²) in [5.41, 5.74) is 5.37. The molecule has 0 aromatic heterocycles. The summed E-state index contributed by atoms with van der Waals surface area (Å²) in [6.07, 6.45) is -2.22. The van der Waals surface area contributed by atoms with Crippen molar-refractivity contribution in [2.24, 2.45) is 11.7 Å². The third-order valence-electron chi connectivity index (χ3n) is 3.72. The standard InChI is InChI=1S/C16H28N4O8/c1-6(2)11(16(27)28)19-15(26)12(8(4)21)20-14(25)9(5-10(22)23)18-13(24)7(3)17/h6-9,11-12,21H,5,17H2,1-4H3,(H,18,24)(H,19,26)(H,20,25)(H,22,23)(H,27,28). The Morgan fingerprint density at radius 1 is 0.821 bits per heavy atom. The van der Waals surface area contributed by atoms with Gasteiger partial charge in [-0.25, -0.2) is 4.79 Å². The first kappa shape index (κ1) is 25.3. The van der Waals surface area contributed by atoms with E-state index in [9.17, 15) is 29.1 Å². The molecule has 3 amide bonds. The van der Waals surface area contributed by atoms with E-state index in [2.05, 4.69) is 16.0 Å². The van der Waals surface area contributed by atoms with Gasteiger partial charge in [0.05, 0.1) is 18.6 Å². The molecule has 5 atom stereocenters. The van der Waals surface area contributed by atoms with Crippen LogP contribution in [0.1, 0.15) is 34.1 Å². The molecule has 0 fully saturated rings. The molecule has 12 heteroatoms. The Morgan fingerprint density at radius 3 is 1.68 bits per heavy atom. The van der Waals surface area contributed by atoms with Crippen molar-refractivity contribution in [1.82, 2.24) is 16.0 Å². The number of aliphatic hydroxyl groups excluding tert-OH is 1. The molecule has 8 N–H and O–H groups in total. The molecule has 0 saturated heterocycles. The Bertz CT molecular complexity index is 605. The second-order valence-electron chi connectivity index (χ2n) is 6.74. The number of carbonyl (C=O) groups is 5. The maximum atomic E-state index is 12.4. The van der Waals surface area contributed by atoms with Crippen molar-refractivity contribution in [3.05, 3.63) is 0 Å². The molecule has 0 spiro atoms. The molecule has 0 aliphatic carbocycles. The minimum Gasteiger partial charge on any atom is -0.481 e. The zero-order valence-electron chi connectivity index (χ0n) is 16.1. The van der Waals surface area contributed by atoms with Crippen molar-refractivity contribution in [1.29, 1.82) is 0 Å². The smallest absolute Gasteiger partial charge is 0.326 e. The Balaban J connectivity index is 5.37. The summed E-state index contributed by atoms with van der Waals surface area (Å²) < 4.78 is 0. The van der Waals surface area contributed by atoms with Crippen LogP contribution in [0.25, 0.3) is 0 Å². The number of aliphatic hydroxyl groups is 1. The van der Waals surface area contributed by atoms with Gasteiger partial charge in [0.2, 0.25) is 17.7 Å². The second kappa shape index (κ2) is 11.2. The largest absolute Gasteiger partial charge is 0.481 e. The average Bonchev–Trinajstić information content (AvgIpc) is 2.54. The normalized spacial score (nSPS) is 16.2. The zero-order valence-corrected chi connectivity index (χ0v) is 16.1. The number of hydrogen-bond acceptors (Lipinski definition) is 7. The van der Waals surface area contributed by atoms with Gasteiger partial charge in [0.15, 0.2) is 0 Å². The highest BCUT2D eigenvalue weighted by Gasteiger charge is 2.33. The average molecular weight is 404 g/mol. The second-order valence-corrected chi connectivity index (χ2v) is 6.74. The van der Waals surface area contributed by atoms with Gasteiger partial charge in [0, 0.05) is 0 Å². The third kappa shape index (κ3) is 8.31. The summed E-state index contributed by atoms with van der Waals surface area (Å²) in [6.45, 7) is 5.63. The number of carbonyl (C=O) groups excluding carboxylic acids is 3. The van der Waals surface area contributed by atoms with E-state index in [0.717, 1.165) is 0 Å². The number of nitrogens with two attached hydrogens (primary N) is 1. The topological polar surface area (TPSA) is 208 Å². The molecule has 0 heterocycles. The van der Waals surface area contributed by atoms with Crippen LogP contribution in [0.4, 0.5) is 0 Å². The lowest BCUT2D eigenvalue weighted by Gasteiger charge is -2.26. The van der Waals surface area contributed by atoms with Crippen molar-refractivity contribution in [3.63, 3.8) is 0 Å². The third-order valence-corrected chi connectivity index (χ3v) is 3.72. The van der Waals surface area contributed by atoms with Gasteiger partial charge >= 0.3 is 11.9 Å². The molecule has 12 nitrogen and oxygen atoms in total. The summed E-state index contributed by atoms with van der Waals surface area (Å²) in [7, 11) is 0. The highest BCUT2D eigenvalue weighted by atomic mass is 16.4. The van der Waals surface area contributed by atoms with Crippen LogP contribution in [0.5, 0.6) is 0 Å². The fourth-order valence-electron chi connectivity index (χ4n) is 2.10. The maximum absolute atomic E-state index is 12.4. The predicted octanol–water partition coefficient (Wildman–Crippen LogP) is -2.62. The zero-order chi connectivity index (χ0) is 22.2. The van der Waals surface area contributed by atoms with Gasteiger partial charge in [-0.1, -0.05) is 13.8 Å². The summed E-state index contributed by atoms with van der Waals surface area (Å²) >= 11 is 0. The molecular weight excluding hydrogens is 376 g/mol. The van der Waals surface area contributed by atoms with E-state index in [-0.39, 0.29) is 0 Å². The molecule has 0 aliphatic rings. The van der Waals surface area contributed by atoms with Crippen LogP contribution >= 0.6 is 0 Å². The van der Waals surface area contributed by atoms with Crippen molar-refractivity contribution in [3.8, 4) is 0 Å². The highest BCUT2D eigenvalue weighted by Crippen LogP contribution is 2.04. The first-order valence-corrected chi connectivity index (χ1v) is 8.57. The number of nitrogens with one attached hydrogen (secondary N) is 3. The van der Waals surface area contributed by atoms with Crippen molar-refractivity contribution in [2.45, 2.75) is 64.4 Å². The van der Waals surface area contributed by atoms with Crippen molar-refractivity contribution >= 4 is 29.7 Å². The van der Waals surface area contributed by atoms with E-state index in [4.69, 9.17) is 15.9 Å². The maximum Gasteiger partial charge on any atom is 0.326 e. The van der Waals surface area contributed by atoms with Gasteiger partial charge in [-0.05, 0) is 19.8 Å². The number of carboxylic acids is 2. The van der Waals surface area contributed by atoms with Crippen LogP contribution in [-0.2, 0) is 24.0 Å². The van der Waals surface area contributed by atoms with E-state index in [1.807, 2.05) is 0 Å². The first-order chi connectivity index (χ1) is 12.8. The van der Waals surface area contributed by atoms with E-state index in [1.165, 1.54) is 13.8 Å². The van der Waals surface area contributed by atoms with Gasteiger partial charge in [-0.2, -0.15) is 0 Å². The van der Waals surface area contributed by atoms with Crippen LogP contribution in [-0.4, -0.2) is 75.3 Å². The Labute approximate surface area is 161 Å². The number of carboxylic acid groups (broad SMARTS) is 2. The lowest BCUT2D eigenvalue weighted by atomic mass is 10.0. The van der Waals surface area contributed by atoms with Crippen molar-refractivity contribution < 1.29 is 39.3 Å². The molecular formula is C16H28N4O8. The lowest BCUT2D eigenvalue weighted by Crippen LogP contribution is -2.60. The van der Waals surface area contributed by atoms with Gasteiger partial charge < -0.3 is 37.0 Å². The van der Waals surface area contributed by atoms with Gasteiger partial charge in [0.1, 0.15) is 18.1 Å². The monoisotopic (exact) mass is 404 g/mol. The summed E-state index contributed by atoms with van der Waals surface area (Å²) in [5, 5.41) is 34.4. The summed E-state index contributed by atoms with van der Waals surface area (Å²) in [5.74, 6) is -5.98. The summed E-state index contributed by atoms with van der Waals surface area (Å²) in [6, 6.07) is -5.40. The van der Waals surface area contributed by atoms with Crippen LogP contribution in [0.15, 0.2) is 0 Å². The highest BCUT2D eigenvalue weighted by molar-refractivity contribution is 5.95. The number of hydrogen-bond donors (Lipinski definition) is 7. The van der Waals surface area contributed by atoms with Crippen LogP contribution in [0.3, 0.4) is 0 Å². The molecule has 0 radical (unpaired) electrons. The van der Waals surface area contributed by atoms with Crippen LogP contribution < -0.4 is 21.7 Å². The molecule has 0 aromatic carbocycles. The fraction of sp³-hybridized carbons (Fsp3) is 0.688. The van der Waals surface area contributed by atoms with Gasteiger partial charge in [-0.3, -0.25) is 19.2 Å². The fourth-order valence-corrected chi connectivity index (χ4v) is 2.10. The molecule has 160 valence electrons. The van der Waals surface area contributed by atoms with E-state index < -0.39 is 72.3 Å².